The molecule has 2 N–H and O–H groups in total. The van der Waals surface area contributed by atoms with Crippen molar-refractivity contribution in [2.24, 2.45) is 5.92 Å². The average molecular weight is 627 g/mol. The summed E-state index contributed by atoms with van der Waals surface area (Å²) in [6, 6.07) is 20.7. The van der Waals surface area contributed by atoms with Gasteiger partial charge in [-0.15, -0.1) is 0 Å². The fraction of sp³-hybridized carbons (Fsp3) is 0.343. The van der Waals surface area contributed by atoms with Crippen LogP contribution in [0.15, 0.2) is 84.9 Å². The molecule has 2 aliphatic heterocycles. The molecule has 0 unspecified atom stereocenters. The summed E-state index contributed by atoms with van der Waals surface area (Å²) in [5.41, 5.74) is 0.568. The second-order valence-corrected chi connectivity index (χ2v) is 11.7. The van der Waals surface area contributed by atoms with Crippen LogP contribution in [0.2, 0.25) is 0 Å². The number of piperidine rings is 1. The number of rotatable bonds is 12. The third-order valence-electron chi connectivity index (χ3n) is 8.69. The van der Waals surface area contributed by atoms with Gasteiger partial charge in [-0.1, -0.05) is 61.5 Å². The van der Waals surface area contributed by atoms with E-state index in [9.17, 15) is 34.7 Å². The van der Waals surface area contributed by atoms with E-state index < -0.39 is 22.3 Å². The Kier molecular flexibility index (Phi) is 9.93. The number of nitro groups is 1. The first-order valence-electron chi connectivity index (χ1n) is 15.4. The fourth-order valence-electron chi connectivity index (χ4n) is 6.11. The zero-order valence-electron chi connectivity index (χ0n) is 25.7. The van der Waals surface area contributed by atoms with E-state index in [1.807, 2.05) is 54.6 Å². The van der Waals surface area contributed by atoms with Crippen molar-refractivity contribution in [2.75, 3.05) is 29.5 Å². The third-order valence-corrected chi connectivity index (χ3v) is 8.69. The molecule has 1 fully saturated rings. The predicted molar refractivity (Wildman–Crippen MR) is 173 cm³/mol. The number of hydrogen-bond donors (Lipinski definition) is 2. The minimum atomic E-state index is -2.12. The summed E-state index contributed by atoms with van der Waals surface area (Å²) in [5, 5.41) is 33.1. The number of aliphatic hydroxyl groups is 2. The van der Waals surface area contributed by atoms with Crippen molar-refractivity contribution in [2.45, 2.75) is 51.3 Å². The van der Waals surface area contributed by atoms with E-state index in [0.717, 1.165) is 29.7 Å². The molecule has 3 aromatic rings. The molecule has 46 heavy (non-hydrogen) atoms. The molecule has 0 spiro atoms. The maximum absolute atomic E-state index is 14.0. The highest BCUT2D eigenvalue weighted by atomic mass is 16.6. The summed E-state index contributed by atoms with van der Waals surface area (Å²) < 4.78 is 0. The fourth-order valence-corrected chi connectivity index (χ4v) is 6.11. The van der Waals surface area contributed by atoms with Crippen molar-refractivity contribution in [3.63, 3.8) is 0 Å². The molecule has 0 radical (unpaired) electrons. The molecule has 2 aliphatic rings. The first-order valence-corrected chi connectivity index (χ1v) is 15.4. The summed E-state index contributed by atoms with van der Waals surface area (Å²) in [4.78, 5) is 55.1. The largest absolute Gasteiger partial charge is 0.395 e. The van der Waals surface area contributed by atoms with Gasteiger partial charge in [0.25, 0.3) is 11.6 Å². The first-order chi connectivity index (χ1) is 22.1. The van der Waals surface area contributed by atoms with E-state index in [4.69, 9.17) is 0 Å². The van der Waals surface area contributed by atoms with E-state index in [2.05, 4.69) is 0 Å². The Bertz CT molecular complexity index is 1630. The number of amides is 3. The minimum Gasteiger partial charge on any atom is -0.395 e. The first kappa shape index (κ1) is 32.5. The van der Waals surface area contributed by atoms with E-state index in [0.29, 0.717) is 25.2 Å². The number of carbonyl (C=O) groups is 3. The average Bonchev–Trinajstić information content (AvgIpc) is 3.27. The molecule has 2 atom stereocenters. The van der Waals surface area contributed by atoms with Gasteiger partial charge in [-0.05, 0) is 42.2 Å². The van der Waals surface area contributed by atoms with Gasteiger partial charge in [0.2, 0.25) is 11.8 Å². The highest BCUT2D eigenvalue weighted by Gasteiger charge is 2.53. The molecule has 11 heteroatoms. The van der Waals surface area contributed by atoms with Gasteiger partial charge in [0.15, 0.2) is 5.60 Å². The maximum Gasteiger partial charge on any atom is 0.269 e. The summed E-state index contributed by atoms with van der Waals surface area (Å²) in [7, 11) is 0. The lowest BCUT2D eigenvalue weighted by atomic mass is 9.82. The molecule has 5 rings (SSSR count). The molecule has 0 bridgehead atoms. The molecule has 0 aliphatic carbocycles. The molecule has 0 saturated carbocycles. The number of carbonyl (C=O) groups excluding carboxylic acids is 3. The Morgan fingerprint density at radius 3 is 2.48 bits per heavy atom. The number of fused-ring (bicyclic) bond motifs is 1. The van der Waals surface area contributed by atoms with Gasteiger partial charge in [-0.25, -0.2) is 0 Å². The van der Waals surface area contributed by atoms with Crippen LogP contribution in [0.25, 0.3) is 0 Å². The van der Waals surface area contributed by atoms with E-state index in [-0.39, 0.29) is 49.2 Å². The summed E-state index contributed by atoms with van der Waals surface area (Å²) in [6.07, 6.45) is 5.46. The van der Waals surface area contributed by atoms with E-state index in [1.54, 1.807) is 24.0 Å². The normalized spacial score (nSPS) is 18.6. The zero-order valence-corrected chi connectivity index (χ0v) is 25.7. The van der Waals surface area contributed by atoms with Crippen LogP contribution in [0, 0.1) is 16.0 Å². The van der Waals surface area contributed by atoms with Gasteiger partial charge in [-0.3, -0.25) is 24.5 Å². The number of non-ortho nitro benzene ring substituents is 1. The van der Waals surface area contributed by atoms with Gasteiger partial charge in [0.05, 0.1) is 23.8 Å². The second kappa shape index (κ2) is 14.1. The van der Waals surface area contributed by atoms with Crippen molar-refractivity contribution in [1.82, 2.24) is 4.90 Å². The molecular formula is C35H38N4O7. The Hall–Kier alpha value is -4.87. The SMILES string of the molecule is C[C@@H](/C=C/CC(=O)N(CCO)Cc1ccccc1)[C@]1(O)C(=O)N(Cc2ccc(N3CCCCC3=O)cc2)c2ccc([N+](=O)[O-])cc21. The van der Waals surface area contributed by atoms with Gasteiger partial charge >= 0.3 is 0 Å². The van der Waals surface area contributed by atoms with E-state index >= 15 is 0 Å². The molecule has 3 amide bonds. The number of nitrogens with zero attached hydrogens (tertiary/aromatic N) is 4. The van der Waals surface area contributed by atoms with Crippen LogP contribution in [-0.2, 0) is 33.1 Å². The Labute approximate surface area is 267 Å². The zero-order chi connectivity index (χ0) is 32.8. The Morgan fingerprint density at radius 2 is 1.80 bits per heavy atom. The number of aliphatic hydroxyl groups excluding tert-OH is 1. The molecule has 2 heterocycles. The molecule has 3 aromatic carbocycles. The topological polar surface area (TPSA) is 145 Å². The Morgan fingerprint density at radius 1 is 1.07 bits per heavy atom. The number of anilines is 2. The third kappa shape index (κ3) is 6.70. The monoisotopic (exact) mass is 626 g/mol. The van der Waals surface area contributed by atoms with Crippen molar-refractivity contribution in [3.8, 4) is 0 Å². The predicted octanol–water partition coefficient (Wildman–Crippen LogP) is 4.45. The number of nitro benzene ring substituents is 1. The lowest BCUT2D eigenvalue weighted by Gasteiger charge is -2.28. The van der Waals surface area contributed by atoms with Gasteiger partial charge < -0.3 is 24.9 Å². The van der Waals surface area contributed by atoms with Crippen LogP contribution < -0.4 is 9.80 Å². The van der Waals surface area contributed by atoms with Gasteiger partial charge in [0, 0.05) is 61.8 Å². The van der Waals surface area contributed by atoms with Crippen LogP contribution >= 0.6 is 0 Å². The number of hydrogen-bond acceptors (Lipinski definition) is 7. The Balaban J connectivity index is 1.35. The molecule has 1 saturated heterocycles. The van der Waals surface area contributed by atoms with E-state index in [1.165, 1.54) is 28.0 Å². The van der Waals surface area contributed by atoms with Crippen LogP contribution in [-0.4, -0.2) is 57.5 Å². The van der Waals surface area contributed by atoms with Gasteiger partial charge in [-0.2, -0.15) is 0 Å². The molecule has 240 valence electrons. The summed E-state index contributed by atoms with van der Waals surface area (Å²) in [5.74, 6) is -1.63. The van der Waals surface area contributed by atoms with Crippen molar-refractivity contribution >= 4 is 34.8 Å². The minimum absolute atomic E-state index is 0.0289. The smallest absolute Gasteiger partial charge is 0.269 e. The summed E-state index contributed by atoms with van der Waals surface area (Å²) in [6.45, 7) is 2.67. The quantitative estimate of drug-likeness (QED) is 0.172. The summed E-state index contributed by atoms with van der Waals surface area (Å²) >= 11 is 0. The van der Waals surface area contributed by atoms with Gasteiger partial charge in [0.1, 0.15) is 0 Å². The lowest BCUT2D eigenvalue weighted by molar-refractivity contribution is -0.385. The standard InChI is InChI=1S/C35H38N4O7/c1-25(8-7-12-32(41)36(20-21-40)23-26-9-3-2-4-10-26)35(44)30-22-29(39(45)46)17-18-31(30)38(34(35)43)24-27-13-15-28(16-14-27)37-19-6-5-11-33(37)42/h2-4,7-10,13-18,22,25,40,44H,5-6,11-12,19-21,23-24H2,1H3/b8-7+/t25-,35+/m0/s1. The lowest BCUT2D eigenvalue weighted by Crippen LogP contribution is -2.44. The van der Waals surface area contributed by atoms with Crippen LogP contribution in [0.5, 0.6) is 0 Å². The van der Waals surface area contributed by atoms with Crippen LogP contribution in [0.4, 0.5) is 17.1 Å². The van der Waals surface area contributed by atoms with Crippen molar-refractivity contribution < 1.29 is 29.5 Å². The highest BCUT2D eigenvalue weighted by molar-refractivity contribution is 6.07. The van der Waals surface area contributed by atoms with Crippen molar-refractivity contribution in [3.05, 3.63) is 112 Å². The molecular weight excluding hydrogens is 588 g/mol. The number of benzene rings is 3. The highest BCUT2D eigenvalue weighted by Crippen LogP contribution is 2.47. The van der Waals surface area contributed by atoms with Crippen molar-refractivity contribution in [1.29, 1.82) is 0 Å². The van der Waals surface area contributed by atoms with Crippen LogP contribution in [0.1, 0.15) is 49.3 Å². The maximum atomic E-state index is 14.0. The molecule has 0 aromatic heterocycles. The second-order valence-electron chi connectivity index (χ2n) is 11.7. The molecule has 11 nitrogen and oxygen atoms in total. The van der Waals surface area contributed by atoms with Crippen LogP contribution in [0.3, 0.4) is 0 Å².